The van der Waals surface area contributed by atoms with Crippen molar-refractivity contribution in [1.29, 1.82) is 0 Å². The Balaban J connectivity index is 1.65. The molecule has 0 unspecified atom stereocenters. The van der Waals surface area contributed by atoms with Crippen LogP contribution in [0.1, 0.15) is 24.1 Å². The van der Waals surface area contributed by atoms with Crippen molar-refractivity contribution in [2.45, 2.75) is 19.4 Å². The van der Waals surface area contributed by atoms with Crippen LogP contribution in [0.3, 0.4) is 0 Å². The number of benzene rings is 2. The lowest BCUT2D eigenvalue weighted by molar-refractivity contribution is -0.120. The number of carbonyl (C=O) groups excluding carboxylic acids is 1. The first-order chi connectivity index (χ1) is 11.0. The number of amides is 1. The Kier molecular flexibility index (Phi) is 4.28. The molecule has 1 aliphatic rings. The summed E-state index contributed by atoms with van der Waals surface area (Å²) < 4.78 is 26.7. The van der Waals surface area contributed by atoms with Crippen LogP contribution >= 0.6 is 0 Å². The third kappa shape index (κ3) is 3.33. The standard InChI is InChI=1S/C18H18F2N2O/c1-12(13-5-3-2-4-6-13)21-18(23)11-22-8-7-14-9-15(19)16(20)10-17(14)22/h2-6,9-10,12H,7-8,11H2,1H3,(H,21,23)/t12-/m0/s1. The second kappa shape index (κ2) is 6.36. The number of hydrogen-bond donors (Lipinski definition) is 1. The number of fused-ring (bicyclic) bond motifs is 1. The number of anilines is 1. The monoisotopic (exact) mass is 316 g/mol. The summed E-state index contributed by atoms with van der Waals surface area (Å²) in [5.74, 6) is -1.86. The van der Waals surface area contributed by atoms with Crippen molar-refractivity contribution in [3.63, 3.8) is 0 Å². The van der Waals surface area contributed by atoms with Gasteiger partial charge in [-0.2, -0.15) is 0 Å². The molecule has 0 spiro atoms. The Morgan fingerprint density at radius 1 is 1.22 bits per heavy atom. The van der Waals surface area contributed by atoms with E-state index in [0.29, 0.717) is 18.7 Å². The fourth-order valence-electron chi connectivity index (χ4n) is 2.90. The second-order valence-corrected chi connectivity index (χ2v) is 5.77. The van der Waals surface area contributed by atoms with Crippen LogP contribution in [0.5, 0.6) is 0 Å². The van der Waals surface area contributed by atoms with Gasteiger partial charge in [0.25, 0.3) is 0 Å². The molecule has 1 amide bonds. The quantitative estimate of drug-likeness (QED) is 0.939. The van der Waals surface area contributed by atoms with Crippen molar-refractivity contribution in [3.8, 4) is 0 Å². The number of rotatable bonds is 4. The maximum atomic E-state index is 13.4. The number of halogens is 2. The van der Waals surface area contributed by atoms with Crippen LogP contribution in [0.4, 0.5) is 14.5 Å². The first-order valence-electron chi connectivity index (χ1n) is 7.62. The molecule has 0 radical (unpaired) electrons. The van der Waals surface area contributed by atoms with Crippen molar-refractivity contribution in [3.05, 3.63) is 65.2 Å². The van der Waals surface area contributed by atoms with Crippen molar-refractivity contribution in [2.75, 3.05) is 18.0 Å². The van der Waals surface area contributed by atoms with Gasteiger partial charge >= 0.3 is 0 Å². The van der Waals surface area contributed by atoms with Crippen LogP contribution in [0.15, 0.2) is 42.5 Å². The Bertz CT molecular complexity index is 718. The SMILES string of the molecule is C[C@H](NC(=O)CN1CCc2cc(F)c(F)cc21)c1ccccc1. The molecule has 23 heavy (non-hydrogen) atoms. The molecule has 2 aromatic rings. The van der Waals surface area contributed by atoms with Crippen LogP contribution in [0.2, 0.25) is 0 Å². The van der Waals surface area contributed by atoms with E-state index >= 15 is 0 Å². The summed E-state index contributed by atoms with van der Waals surface area (Å²) in [5, 5.41) is 2.93. The average molecular weight is 316 g/mol. The van der Waals surface area contributed by atoms with Crippen LogP contribution in [0.25, 0.3) is 0 Å². The largest absolute Gasteiger partial charge is 0.362 e. The van der Waals surface area contributed by atoms with Gasteiger partial charge in [-0.25, -0.2) is 8.78 Å². The highest BCUT2D eigenvalue weighted by Crippen LogP contribution is 2.29. The zero-order chi connectivity index (χ0) is 16.4. The van der Waals surface area contributed by atoms with E-state index in [1.54, 1.807) is 4.90 Å². The molecule has 120 valence electrons. The molecule has 1 heterocycles. The van der Waals surface area contributed by atoms with Crippen LogP contribution in [0, 0.1) is 11.6 Å². The van der Waals surface area contributed by atoms with E-state index in [0.717, 1.165) is 11.1 Å². The summed E-state index contributed by atoms with van der Waals surface area (Å²) in [7, 11) is 0. The molecule has 0 aromatic heterocycles. The smallest absolute Gasteiger partial charge is 0.239 e. The minimum atomic E-state index is -0.881. The summed E-state index contributed by atoms with van der Waals surface area (Å²) >= 11 is 0. The van der Waals surface area contributed by atoms with E-state index in [-0.39, 0.29) is 18.5 Å². The number of nitrogens with zero attached hydrogens (tertiary/aromatic N) is 1. The molecule has 0 saturated heterocycles. The highest BCUT2D eigenvalue weighted by atomic mass is 19.2. The highest BCUT2D eigenvalue weighted by molar-refractivity contribution is 5.82. The van der Waals surface area contributed by atoms with Gasteiger partial charge < -0.3 is 10.2 Å². The van der Waals surface area contributed by atoms with Gasteiger partial charge in [-0.05, 0) is 30.5 Å². The fourth-order valence-corrected chi connectivity index (χ4v) is 2.90. The van der Waals surface area contributed by atoms with Gasteiger partial charge in [-0.15, -0.1) is 0 Å². The normalized spacial score (nSPS) is 14.5. The van der Waals surface area contributed by atoms with Gasteiger partial charge in [-0.3, -0.25) is 4.79 Å². The summed E-state index contributed by atoms with van der Waals surface area (Å²) in [4.78, 5) is 14.0. The molecular weight excluding hydrogens is 298 g/mol. The number of nitrogens with one attached hydrogen (secondary N) is 1. The maximum Gasteiger partial charge on any atom is 0.239 e. The van der Waals surface area contributed by atoms with E-state index in [2.05, 4.69) is 5.32 Å². The zero-order valence-electron chi connectivity index (χ0n) is 12.9. The molecule has 5 heteroatoms. The minimum absolute atomic E-state index is 0.101. The van der Waals surface area contributed by atoms with Crippen molar-refractivity contribution >= 4 is 11.6 Å². The van der Waals surface area contributed by atoms with Gasteiger partial charge in [0.15, 0.2) is 11.6 Å². The van der Waals surface area contributed by atoms with E-state index in [1.165, 1.54) is 12.1 Å². The van der Waals surface area contributed by atoms with Gasteiger partial charge in [0, 0.05) is 18.3 Å². The van der Waals surface area contributed by atoms with Gasteiger partial charge in [0.1, 0.15) is 0 Å². The van der Waals surface area contributed by atoms with Crippen LogP contribution in [-0.2, 0) is 11.2 Å². The molecule has 1 N–H and O–H groups in total. The molecule has 0 bridgehead atoms. The van der Waals surface area contributed by atoms with E-state index < -0.39 is 11.6 Å². The summed E-state index contributed by atoms with van der Waals surface area (Å²) in [6.07, 6.45) is 0.619. The Morgan fingerprint density at radius 3 is 2.65 bits per heavy atom. The Labute approximate surface area is 133 Å². The minimum Gasteiger partial charge on any atom is -0.362 e. The van der Waals surface area contributed by atoms with Gasteiger partial charge in [-0.1, -0.05) is 30.3 Å². The van der Waals surface area contributed by atoms with Gasteiger partial charge in [0.2, 0.25) is 5.91 Å². The first kappa shape index (κ1) is 15.5. The lowest BCUT2D eigenvalue weighted by Crippen LogP contribution is -2.37. The van der Waals surface area contributed by atoms with E-state index in [9.17, 15) is 13.6 Å². The lowest BCUT2D eigenvalue weighted by Gasteiger charge is -2.21. The third-order valence-electron chi connectivity index (χ3n) is 4.12. The lowest BCUT2D eigenvalue weighted by atomic mass is 10.1. The van der Waals surface area contributed by atoms with Crippen molar-refractivity contribution in [1.82, 2.24) is 5.32 Å². The molecule has 0 aliphatic carbocycles. The highest BCUT2D eigenvalue weighted by Gasteiger charge is 2.24. The predicted octanol–water partition coefficient (Wildman–Crippen LogP) is 3.20. The third-order valence-corrected chi connectivity index (χ3v) is 4.12. The fraction of sp³-hybridized carbons (Fsp3) is 0.278. The molecule has 2 aromatic carbocycles. The number of hydrogen-bond acceptors (Lipinski definition) is 2. The molecule has 0 fully saturated rings. The van der Waals surface area contributed by atoms with Crippen LogP contribution in [-0.4, -0.2) is 19.0 Å². The molecule has 3 rings (SSSR count). The summed E-state index contributed by atoms with van der Waals surface area (Å²) in [5.41, 5.74) is 2.37. The zero-order valence-corrected chi connectivity index (χ0v) is 12.9. The van der Waals surface area contributed by atoms with Crippen molar-refractivity contribution < 1.29 is 13.6 Å². The molecule has 3 nitrogen and oxygen atoms in total. The predicted molar refractivity (Wildman–Crippen MR) is 85.3 cm³/mol. The van der Waals surface area contributed by atoms with E-state index in [1.807, 2.05) is 37.3 Å². The Hall–Kier alpha value is -2.43. The van der Waals surface area contributed by atoms with Crippen molar-refractivity contribution in [2.24, 2.45) is 0 Å². The average Bonchev–Trinajstić information content (AvgIpc) is 2.90. The molecule has 1 aliphatic heterocycles. The summed E-state index contributed by atoms with van der Waals surface area (Å²) in [6.45, 7) is 2.64. The molecule has 1 atom stereocenters. The summed E-state index contributed by atoms with van der Waals surface area (Å²) in [6, 6.07) is 12.0. The second-order valence-electron chi connectivity index (χ2n) is 5.77. The topological polar surface area (TPSA) is 32.3 Å². The maximum absolute atomic E-state index is 13.4. The number of carbonyl (C=O) groups is 1. The molecule has 0 saturated carbocycles. The Morgan fingerprint density at radius 2 is 1.91 bits per heavy atom. The first-order valence-corrected chi connectivity index (χ1v) is 7.62. The van der Waals surface area contributed by atoms with E-state index in [4.69, 9.17) is 0 Å². The van der Waals surface area contributed by atoms with Gasteiger partial charge in [0.05, 0.1) is 12.6 Å². The van der Waals surface area contributed by atoms with Crippen LogP contribution < -0.4 is 10.2 Å². The molecular formula is C18H18F2N2O.